The van der Waals surface area contributed by atoms with Crippen LogP contribution in [0.3, 0.4) is 0 Å². The van der Waals surface area contributed by atoms with E-state index in [2.05, 4.69) is 23.6 Å². The third kappa shape index (κ3) is 4.61. The van der Waals surface area contributed by atoms with Crippen molar-refractivity contribution in [2.75, 3.05) is 45.1 Å². The summed E-state index contributed by atoms with van der Waals surface area (Å²) in [5, 5.41) is 0. The van der Waals surface area contributed by atoms with E-state index in [1.807, 2.05) is 24.3 Å². The van der Waals surface area contributed by atoms with Gasteiger partial charge in [-0.3, -0.25) is 4.90 Å². The van der Waals surface area contributed by atoms with Crippen LogP contribution in [0.5, 0.6) is 5.75 Å². The highest BCUT2D eigenvalue weighted by atomic mass is 16.5. The molecule has 0 aliphatic carbocycles. The summed E-state index contributed by atoms with van der Waals surface area (Å²) in [6, 6.07) is 8.44. The van der Waals surface area contributed by atoms with Crippen LogP contribution in [0.4, 0.5) is 5.69 Å². The van der Waals surface area contributed by atoms with Gasteiger partial charge < -0.3 is 15.4 Å². The summed E-state index contributed by atoms with van der Waals surface area (Å²) in [4.78, 5) is 5.13. The van der Waals surface area contributed by atoms with Crippen molar-refractivity contribution in [3.05, 3.63) is 24.3 Å². The molecule has 1 saturated heterocycles. The molecule has 1 aromatic rings. The number of nitrogens with zero attached hydrogens (tertiary/aromatic N) is 2. The van der Waals surface area contributed by atoms with Crippen LogP contribution in [0, 0.1) is 0 Å². The van der Waals surface area contributed by atoms with Crippen LogP contribution in [0.25, 0.3) is 0 Å². The standard InChI is InChI=1S/C17H29N3O/c1-3-20(4-2)15-10-12-19(14-15)11-7-13-21-17-9-6-5-8-16(17)18/h5-6,8-9,15H,3-4,7,10-14,18H2,1-2H3. The van der Waals surface area contributed by atoms with E-state index < -0.39 is 0 Å². The van der Waals surface area contributed by atoms with Crippen LogP contribution >= 0.6 is 0 Å². The van der Waals surface area contributed by atoms with Crippen molar-refractivity contribution in [1.29, 1.82) is 0 Å². The summed E-state index contributed by atoms with van der Waals surface area (Å²) in [6.07, 6.45) is 2.35. The zero-order valence-electron chi connectivity index (χ0n) is 13.4. The minimum atomic E-state index is 0.722. The summed E-state index contributed by atoms with van der Waals surface area (Å²) in [6.45, 7) is 11.1. The average molecular weight is 291 g/mol. The normalized spacial score (nSPS) is 19.3. The number of anilines is 1. The molecule has 1 aliphatic rings. The molecule has 1 aliphatic heterocycles. The molecule has 1 fully saturated rings. The molecule has 1 heterocycles. The fourth-order valence-electron chi connectivity index (χ4n) is 3.14. The predicted octanol–water partition coefficient (Wildman–Crippen LogP) is 2.45. The maximum absolute atomic E-state index is 5.87. The van der Waals surface area contributed by atoms with E-state index in [0.717, 1.165) is 50.1 Å². The summed E-state index contributed by atoms with van der Waals surface area (Å²) in [5.41, 5.74) is 6.59. The summed E-state index contributed by atoms with van der Waals surface area (Å²) in [5.74, 6) is 0.805. The molecule has 21 heavy (non-hydrogen) atoms. The van der Waals surface area contributed by atoms with Gasteiger partial charge in [-0.25, -0.2) is 0 Å². The lowest BCUT2D eigenvalue weighted by Crippen LogP contribution is -2.37. The molecule has 4 heteroatoms. The van der Waals surface area contributed by atoms with E-state index in [1.165, 1.54) is 19.5 Å². The number of likely N-dealkylation sites (N-methyl/N-ethyl adjacent to an activating group) is 1. The number of nitrogens with two attached hydrogens (primary N) is 1. The minimum absolute atomic E-state index is 0.722. The van der Waals surface area contributed by atoms with Crippen molar-refractivity contribution >= 4 is 5.69 Å². The molecule has 0 amide bonds. The highest BCUT2D eigenvalue weighted by Gasteiger charge is 2.25. The van der Waals surface area contributed by atoms with Crippen LogP contribution in [-0.2, 0) is 0 Å². The predicted molar refractivity (Wildman–Crippen MR) is 88.7 cm³/mol. The van der Waals surface area contributed by atoms with Crippen LogP contribution in [0.15, 0.2) is 24.3 Å². The van der Waals surface area contributed by atoms with E-state index >= 15 is 0 Å². The molecule has 4 nitrogen and oxygen atoms in total. The Hall–Kier alpha value is -1.26. The van der Waals surface area contributed by atoms with Gasteiger partial charge in [0.1, 0.15) is 5.75 Å². The lowest BCUT2D eigenvalue weighted by Gasteiger charge is -2.26. The van der Waals surface area contributed by atoms with Gasteiger partial charge >= 0.3 is 0 Å². The zero-order chi connectivity index (χ0) is 15.1. The van der Waals surface area contributed by atoms with E-state index in [0.29, 0.717) is 0 Å². The Bertz CT molecular complexity index is 420. The second-order valence-corrected chi connectivity index (χ2v) is 5.70. The van der Waals surface area contributed by atoms with Gasteiger partial charge in [0.2, 0.25) is 0 Å². The SMILES string of the molecule is CCN(CC)C1CCN(CCCOc2ccccc2N)C1. The molecule has 0 bridgehead atoms. The number of rotatable bonds is 8. The van der Waals surface area contributed by atoms with Gasteiger partial charge in [-0.2, -0.15) is 0 Å². The van der Waals surface area contributed by atoms with Crippen molar-refractivity contribution in [1.82, 2.24) is 9.80 Å². The highest BCUT2D eigenvalue weighted by Crippen LogP contribution is 2.20. The summed E-state index contributed by atoms with van der Waals surface area (Å²) in [7, 11) is 0. The van der Waals surface area contributed by atoms with Crippen molar-refractivity contribution in [2.45, 2.75) is 32.7 Å². The van der Waals surface area contributed by atoms with Gasteiger partial charge in [-0.15, -0.1) is 0 Å². The second kappa shape index (κ2) is 8.25. The first-order valence-corrected chi connectivity index (χ1v) is 8.18. The van der Waals surface area contributed by atoms with E-state index in [4.69, 9.17) is 10.5 Å². The number of para-hydroxylation sites is 2. The first-order chi connectivity index (χ1) is 10.2. The fraction of sp³-hybridized carbons (Fsp3) is 0.647. The van der Waals surface area contributed by atoms with Crippen LogP contribution in [0.1, 0.15) is 26.7 Å². The monoisotopic (exact) mass is 291 g/mol. The number of nitrogen functional groups attached to an aromatic ring is 1. The lowest BCUT2D eigenvalue weighted by atomic mass is 10.2. The molecular weight excluding hydrogens is 262 g/mol. The van der Waals surface area contributed by atoms with Gasteiger partial charge in [-0.1, -0.05) is 26.0 Å². The maximum atomic E-state index is 5.87. The second-order valence-electron chi connectivity index (χ2n) is 5.70. The van der Waals surface area contributed by atoms with E-state index in [1.54, 1.807) is 0 Å². The van der Waals surface area contributed by atoms with Crippen molar-refractivity contribution in [3.63, 3.8) is 0 Å². The molecule has 0 aromatic heterocycles. The number of benzene rings is 1. The Morgan fingerprint density at radius 1 is 1.29 bits per heavy atom. The quantitative estimate of drug-likeness (QED) is 0.590. The first-order valence-electron chi connectivity index (χ1n) is 8.18. The van der Waals surface area contributed by atoms with Crippen LogP contribution < -0.4 is 10.5 Å². The Balaban J connectivity index is 1.65. The van der Waals surface area contributed by atoms with Crippen LogP contribution in [-0.4, -0.2) is 55.2 Å². The van der Waals surface area contributed by atoms with Gasteiger partial charge in [0.05, 0.1) is 12.3 Å². The third-order valence-corrected chi connectivity index (χ3v) is 4.37. The Kier molecular flexibility index (Phi) is 6.33. The summed E-state index contributed by atoms with van der Waals surface area (Å²) < 4.78 is 5.75. The van der Waals surface area contributed by atoms with Crippen molar-refractivity contribution in [3.8, 4) is 5.75 Å². The Morgan fingerprint density at radius 2 is 2.05 bits per heavy atom. The molecule has 2 rings (SSSR count). The molecule has 118 valence electrons. The molecule has 0 spiro atoms. The number of hydrogen-bond donors (Lipinski definition) is 1. The number of likely N-dealkylation sites (tertiary alicyclic amines) is 1. The van der Waals surface area contributed by atoms with Gasteiger partial charge in [0.25, 0.3) is 0 Å². The molecule has 0 saturated carbocycles. The van der Waals surface area contributed by atoms with Crippen LogP contribution in [0.2, 0.25) is 0 Å². The highest BCUT2D eigenvalue weighted by molar-refractivity contribution is 5.51. The molecule has 1 aromatic carbocycles. The number of ether oxygens (including phenoxy) is 1. The zero-order valence-corrected chi connectivity index (χ0v) is 13.4. The Labute approximate surface area is 128 Å². The minimum Gasteiger partial charge on any atom is -0.491 e. The topological polar surface area (TPSA) is 41.7 Å². The fourth-order valence-corrected chi connectivity index (χ4v) is 3.14. The van der Waals surface area contributed by atoms with E-state index in [-0.39, 0.29) is 0 Å². The molecular formula is C17H29N3O. The van der Waals surface area contributed by atoms with Crippen molar-refractivity contribution < 1.29 is 4.74 Å². The average Bonchev–Trinajstić information content (AvgIpc) is 2.95. The van der Waals surface area contributed by atoms with Gasteiger partial charge in [0, 0.05) is 19.1 Å². The molecule has 1 atom stereocenters. The van der Waals surface area contributed by atoms with Gasteiger partial charge in [-0.05, 0) is 44.6 Å². The lowest BCUT2D eigenvalue weighted by molar-refractivity contribution is 0.205. The van der Waals surface area contributed by atoms with Crippen molar-refractivity contribution in [2.24, 2.45) is 0 Å². The molecule has 0 radical (unpaired) electrons. The molecule has 1 unspecified atom stereocenters. The first kappa shape index (κ1) is 16.1. The molecule has 2 N–H and O–H groups in total. The smallest absolute Gasteiger partial charge is 0.142 e. The van der Waals surface area contributed by atoms with E-state index in [9.17, 15) is 0 Å². The maximum Gasteiger partial charge on any atom is 0.142 e. The largest absolute Gasteiger partial charge is 0.491 e. The summed E-state index contributed by atoms with van der Waals surface area (Å²) >= 11 is 0. The van der Waals surface area contributed by atoms with Gasteiger partial charge in [0.15, 0.2) is 0 Å². The Morgan fingerprint density at radius 3 is 2.76 bits per heavy atom. The third-order valence-electron chi connectivity index (χ3n) is 4.37. The number of hydrogen-bond acceptors (Lipinski definition) is 4.